The minimum absolute atomic E-state index is 0.0836. The van der Waals surface area contributed by atoms with Gasteiger partial charge in [-0.05, 0) is 86.3 Å². The van der Waals surface area contributed by atoms with E-state index in [0.29, 0.717) is 47.1 Å². The molecule has 1 fully saturated rings. The molecule has 43 heavy (non-hydrogen) atoms. The third-order valence-corrected chi connectivity index (χ3v) is 7.16. The van der Waals surface area contributed by atoms with E-state index in [1.807, 2.05) is 0 Å². The van der Waals surface area contributed by atoms with Crippen LogP contribution >= 0.6 is 0 Å². The highest BCUT2D eigenvalue weighted by Gasteiger charge is 2.19. The van der Waals surface area contributed by atoms with Gasteiger partial charge in [0, 0.05) is 29.9 Å². The summed E-state index contributed by atoms with van der Waals surface area (Å²) in [6.07, 6.45) is 4.05. The van der Waals surface area contributed by atoms with Gasteiger partial charge in [-0.1, -0.05) is 12.1 Å². The molecule has 11 heteroatoms. The van der Waals surface area contributed by atoms with E-state index in [1.165, 1.54) is 30.5 Å². The number of nitrogens with zero attached hydrogens (tertiary/aromatic N) is 1. The molecule has 3 N–H and O–H groups in total. The molecular weight excluding hydrogens is 558 g/mol. The number of amides is 2. The summed E-state index contributed by atoms with van der Waals surface area (Å²) in [5.74, 6) is -1.15. The summed E-state index contributed by atoms with van der Waals surface area (Å²) in [4.78, 5) is 28.9. The van der Waals surface area contributed by atoms with Crippen LogP contribution in [0.5, 0.6) is 23.0 Å². The van der Waals surface area contributed by atoms with Crippen molar-refractivity contribution in [2.45, 2.75) is 19.3 Å². The van der Waals surface area contributed by atoms with Crippen LogP contribution in [0.2, 0.25) is 0 Å². The molecule has 0 atom stereocenters. The van der Waals surface area contributed by atoms with Crippen LogP contribution < -0.4 is 30.2 Å². The Labute approximate surface area is 247 Å². The summed E-state index contributed by atoms with van der Waals surface area (Å²) in [6, 6.07) is 14.9. The van der Waals surface area contributed by atoms with Gasteiger partial charge in [0.2, 0.25) is 0 Å². The van der Waals surface area contributed by atoms with Gasteiger partial charge in [0.1, 0.15) is 17.1 Å². The molecule has 4 aromatic rings. The van der Waals surface area contributed by atoms with E-state index < -0.39 is 17.6 Å². The van der Waals surface area contributed by atoms with Crippen molar-refractivity contribution >= 4 is 28.4 Å². The summed E-state index contributed by atoms with van der Waals surface area (Å²) in [5.41, 5.74) is 1.40. The molecule has 224 valence electrons. The molecule has 1 aliphatic heterocycles. The Morgan fingerprint density at radius 2 is 1.72 bits per heavy atom. The van der Waals surface area contributed by atoms with Crippen molar-refractivity contribution in [1.29, 1.82) is 0 Å². The zero-order valence-electron chi connectivity index (χ0n) is 23.6. The minimum atomic E-state index is -0.947. The van der Waals surface area contributed by atoms with Gasteiger partial charge in [-0.3, -0.25) is 14.6 Å². The highest BCUT2D eigenvalue weighted by molar-refractivity contribution is 6.39. The molecule has 0 saturated carbocycles. The van der Waals surface area contributed by atoms with Crippen molar-refractivity contribution in [1.82, 2.24) is 15.6 Å². The van der Waals surface area contributed by atoms with Crippen molar-refractivity contribution < 1.29 is 32.6 Å². The van der Waals surface area contributed by atoms with Crippen molar-refractivity contribution in [3.8, 4) is 23.0 Å². The average Bonchev–Trinajstić information content (AvgIpc) is 3.02. The highest BCUT2D eigenvalue weighted by atomic mass is 19.1. The third-order valence-electron chi connectivity index (χ3n) is 7.16. The molecule has 9 nitrogen and oxygen atoms in total. The molecule has 1 saturated heterocycles. The second-order valence-corrected chi connectivity index (χ2v) is 10.1. The zero-order valence-corrected chi connectivity index (χ0v) is 23.6. The van der Waals surface area contributed by atoms with Crippen LogP contribution in [0, 0.1) is 17.6 Å². The maximum atomic E-state index is 15.0. The van der Waals surface area contributed by atoms with E-state index in [1.54, 1.807) is 37.4 Å². The number of carbonyl (C=O) groups is 2. The molecule has 3 aromatic carbocycles. The van der Waals surface area contributed by atoms with Crippen LogP contribution in [0.1, 0.15) is 18.4 Å². The van der Waals surface area contributed by atoms with E-state index >= 15 is 4.39 Å². The molecule has 0 aliphatic carbocycles. The number of aromatic nitrogens is 1. The number of piperidine rings is 1. The molecule has 0 bridgehead atoms. The van der Waals surface area contributed by atoms with Gasteiger partial charge in [-0.2, -0.15) is 0 Å². The molecule has 5 rings (SSSR count). The monoisotopic (exact) mass is 590 g/mol. The highest BCUT2D eigenvalue weighted by Crippen LogP contribution is 2.40. The quantitative estimate of drug-likeness (QED) is 0.223. The summed E-state index contributed by atoms with van der Waals surface area (Å²) in [7, 11) is 1.54. The van der Waals surface area contributed by atoms with Gasteiger partial charge in [0.05, 0.1) is 13.7 Å². The standard InChI is InChI=1S/C32H32F2N4O5/c1-41-30-28(42-19-21-10-14-35-15-11-21)9-7-24-26(13-17-36-29(24)30)43-27-8-6-23(18-25(27)34)38-32(40)31(39)37-16-12-20-2-4-22(33)5-3-20/h2-9,13,17-18,21,35H,10-12,14-16,19H2,1H3,(H,37,39)(H,38,40). The lowest BCUT2D eigenvalue weighted by Crippen LogP contribution is -2.36. The maximum absolute atomic E-state index is 15.0. The Bertz CT molecular complexity index is 1590. The molecule has 0 radical (unpaired) electrons. The molecular formula is C32H32F2N4O5. The summed E-state index contributed by atoms with van der Waals surface area (Å²) >= 11 is 0. The van der Waals surface area contributed by atoms with Gasteiger partial charge < -0.3 is 30.2 Å². The first-order valence-corrected chi connectivity index (χ1v) is 14.0. The van der Waals surface area contributed by atoms with Crippen LogP contribution in [0.25, 0.3) is 10.9 Å². The van der Waals surface area contributed by atoms with E-state index in [0.717, 1.165) is 37.6 Å². The zero-order chi connectivity index (χ0) is 30.2. The predicted octanol–water partition coefficient (Wildman–Crippen LogP) is 4.99. The largest absolute Gasteiger partial charge is 0.491 e. The fourth-order valence-electron chi connectivity index (χ4n) is 4.82. The number of nitrogens with one attached hydrogen (secondary N) is 3. The Morgan fingerprint density at radius 1 is 0.953 bits per heavy atom. The van der Waals surface area contributed by atoms with Crippen LogP contribution in [0.3, 0.4) is 0 Å². The molecule has 2 heterocycles. The number of fused-ring (bicyclic) bond motifs is 1. The van der Waals surface area contributed by atoms with Gasteiger partial charge in [-0.25, -0.2) is 8.78 Å². The van der Waals surface area contributed by atoms with E-state index in [-0.39, 0.29) is 23.8 Å². The summed E-state index contributed by atoms with van der Waals surface area (Å²) in [6.45, 7) is 2.70. The predicted molar refractivity (Wildman–Crippen MR) is 158 cm³/mol. The smallest absolute Gasteiger partial charge is 0.313 e. The first-order chi connectivity index (χ1) is 20.9. The lowest BCUT2D eigenvalue weighted by molar-refractivity contribution is -0.136. The van der Waals surface area contributed by atoms with E-state index in [2.05, 4.69) is 20.9 Å². The van der Waals surface area contributed by atoms with Gasteiger partial charge in [0.25, 0.3) is 0 Å². The number of rotatable bonds is 10. The number of hydrogen-bond acceptors (Lipinski definition) is 7. The number of hydrogen-bond donors (Lipinski definition) is 3. The normalized spacial score (nSPS) is 13.4. The lowest BCUT2D eigenvalue weighted by Gasteiger charge is -2.23. The summed E-state index contributed by atoms with van der Waals surface area (Å²) < 4.78 is 45.7. The molecule has 1 aliphatic rings. The maximum Gasteiger partial charge on any atom is 0.313 e. The van der Waals surface area contributed by atoms with Gasteiger partial charge in [-0.15, -0.1) is 0 Å². The molecule has 0 unspecified atom stereocenters. The number of benzene rings is 3. The minimum Gasteiger partial charge on any atom is -0.491 e. The van der Waals surface area contributed by atoms with Crippen LogP contribution in [0.4, 0.5) is 14.5 Å². The van der Waals surface area contributed by atoms with Crippen LogP contribution in [0.15, 0.2) is 66.9 Å². The van der Waals surface area contributed by atoms with Crippen molar-refractivity contribution in [3.63, 3.8) is 0 Å². The fraction of sp³-hybridized carbons (Fsp3) is 0.281. The van der Waals surface area contributed by atoms with Gasteiger partial charge in [0.15, 0.2) is 23.1 Å². The average molecular weight is 591 g/mol. The first-order valence-electron chi connectivity index (χ1n) is 14.0. The molecule has 1 aromatic heterocycles. The van der Waals surface area contributed by atoms with Crippen molar-refractivity contribution in [2.75, 3.05) is 38.7 Å². The number of halogens is 2. The molecule has 2 amide bonds. The second-order valence-electron chi connectivity index (χ2n) is 10.1. The number of methoxy groups -OCH3 is 1. The van der Waals surface area contributed by atoms with Crippen molar-refractivity contribution in [3.05, 3.63) is 84.1 Å². The molecule has 0 spiro atoms. The Kier molecular flexibility index (Phi) is 9.63. The Morgan fingerprint density at radius 3 is 2.47 bits per heavy atom. The number of anilines is 1. The van der Waals surface area contributed by atoms with E-state index in [9.17, 15) is 14.0 Å². The Hall–Kier alpha value is -4.77. The topological polar surface area (TPSA) is 111 Å². The number of carbonyl (C=O) groups excluding carboxylic acids is 2. The summed E-state index contributed by atoms with van der Waals surface area (Å²) in [5, 5.41) is 8.81. The first kappa shape index (κ1) is 29.7. The Balaban J connectivity index is 1.21. The van der Waals surface area contributed by atoms with Crippen molar-refractivity contribution in [2.24, 2.45) is 5.92 Å². The van der Waals surface area contributed by atoms with Gasteiger partial charge >= 0.3 is 11.8 Å². The third kappa shape index (κ3) is 7.55. The number of ether oxygens (including phenoxy) is 3. The van der Waals surface area contributed by atoms with E-state index in [4.69, 9.17) is 14.2 Å². The number of pyridine rings is 1. The van der Waals surface area contributed by atoms with Crippen LogP contribution in [-0.4, -0.2) is 50.1 Å². The second kappa shape index (κ2) is 13.9. The van der Waals surface area contributed by atoms with Crippen LogP contribution in [-0.2, 0) is 16.0 Å². The lowest BCUT2D eigenvalue weighted by atomic mass is 9.99. The SMILES string of the molecule is COc1c(OCC2CCNCC2)ccc2c(Oc3ccc(NC(=O)C(=O)NCCc4ccc(F)cc4)cc3F)ccnc12. The fourth-order valence-corrected chi connectivity index (χ4v) is 4.82.